The number of hydrogen-bond acceptors (Lipinski definition) is 4. The van der Waals surface area contributed by atoms with Crippen molar-refractivity contribution in [3.8, 4) is 0 Å². The van der Waals surface area contributed by atoms with Gasteiger partial charge in [-0.15, -0.1) is 0 Å². The highest BCUT2D eigenvalue weighted by Crippen LogP contribution is 2.24. The van der Waals surface area contributed by atoms with Crippen molar-refractivity contribution < 1.29 is 9.59 Å². The number of carbonyl (C=O) groups excluding carboxylic acids is 2. The van der Waals surface area contributed by atoms with Gasteiger partial charge in [0.1, 0.15) is 0 Å². The van der Waals surface area contributed by atoms with Gasteiger partial charge in [-0.3, -0.25) is 14.5 Å². The molecule has 138 valence electrons. The third kappa shape index (κ3) is 4.82. The molecular formula is C20H31N3O2. The fraction of sp³-hybridized carbons (Fsp3) is 0.600. The van der Waals surface area contributed by atoms with Gasteiger partial charge < -0.3 is 9.80 Å². The lowest BCUT2D eigenvalue weighted by Crippen LogP contribution is -2.52. The van der Waals surface area contributed by atoms with Crippen LogP contribution in [0, 0.1) is 0 Å². The largest absolute Gasteiger partial charge is 0.339 e. The van der Waals surface area contributed by atoms with Crippen molar-refractivity contribution in [2.24, 2.45) is 0 Å². The van der Waals surface area contributed by atoms with E-state index in [0.717, 1.165) is 38.2 Å². The minimum Gasteiger partial charge on any atom is -0.339 e. The van der Waals surface area contributed by atoms with Crippen LogP contribution in [0.3, 0.4) is 0 Å². The van der Waals surface area contributed by atoms with E-state index in [4.69, 9.17) is 0 Å². The molecule has 2 aliphatic heterocycles. The lowest BCUT2D eigenvalue weighted by Gasteiger charge is -2.42. The second kappa shape index (κ2) is 8.99. The maximum atomic E-state index is 12.5. The summed E-state index contributed by atoms with van der Waals surface area (Å²) in [7, 11) is 0. The highest BCUT2D eigenvalue weighted by atomic mass is 16.2. The Morgan fingerprint density at radius 2 is 1.96 bits per heavy atom. The molecule has 0 aromatic carbocycles. The van der Waals surface area contributed by atoms with Crippen molar-refractivity contribution >= 4 is 11.7 Å². The Morgan fingerprint density at radius 1 is 1.24 bits per heavy atom. The number of piperazine rings is 1. The molecule has 0 aromatic heterocycles. The number of amides is 1. The quantitative estimate of drug-likeness (QED) is 0.665. The number of nitrogens with zero attached hydrogens (tertiary/aromatic N) is 3. The molecule has 1 amide bonds. The molecule has 25 heavy (non-hydrogen) atoms. The van der Waals surface area contributed by atoms with Crippen molar-refractivity contribution in [1.29, 1.82) is 0 Å². The molecule has 0 N–H and O–H groups in total. The van der Waals surface area contributed by atoms with Gasteiger partial charge in [0.05, 0.1) is 11.7 Å². The summed E-state index contributed by atoms with van der Waals surface area (Å²) in [5.74, 6) is 0.0757. The first kappa shape index (κ1) is 19.4. The minimum atomic E-state index is -0.112. The Morgan fingerprint density at radius 3 is 2.52 bits per heavy atom. The summed E-state index contributed by atoms with van der Waals surface area (Å²) < 4.78 is 0. The Bertz CT molecular complexity index is 575. The minimum absolute atomic E-state index is 0.0238. The molecule has 0 spiro atoms. The van der Waals surface area contributed by atoms with E-state index < -0.39 is 0 Å². The number of carbonyl (C=O) groups is 2. The highest BCUT2D eigenvalue weighted by molar-refractivity contribution is 5.93. The van der Waals surface area contributed by atoms with Crippen LogP contribution in [0.25, 0.3) is 0 Å². The summed E-state index contributed by atoms with van der Waals surface area (Å²) in [5.41, 5.74) is 1.52. The van der Waals surface area contributed by atoms with Gasteiger partial charge >= 0.3 is 0 Å². The van der Waals surface area contributed by atoms with Crippen molar-refractivity contribution in [3.05, 3.63) is 36.2 Å². The van der Waals surface area contributed by atoms with E-state index >= 15 is 0 Å². The van der Waals surface area contributed by atoms with Crippen LogP contribution < -0.4 is 0 Å². The molecule has 5 heteroatoms. The van der Waals surface area contributed by atoms with Gasteiger partial charge in [-0.05, 0) is 32.9 Å². The van der Waals surface area contributed by atoms with Crippen LogP contribution in [-0.2, 0) is 9.59 Å². The van der Waals surface area contributed by atoms with Crippen LogP contribution in [-0.4, -0.2) is 65.2 Å². The number of allylic oxidation sites excluding steroid dienone is 2. The maximum Gasteiger partial charge on any atom is 0.246 e. The van der Waals surface area contributed by atoms with Crippen LogP contribution >= 0.6 is 0 Å². The zero-order valence-electron chi connectivity index (χ0n) is 15.8. The summed E-state index contributed by atoms with van der Waals surface area (Å²) in [5, 5.41) is 0. The first-order chi connectivity index (χ1) is 12.0. The predicted molar refractivity (Wildman–Crippen MR) is 101 cm³/mol. The van der Waals surface area contributed by atoms with Gasteiger partial charge in [0.25, 0.3) is 0 Å². The van der Waals surface area contributed by atoms with E-state index in [1.807, 2.05) is 28.9 Å². The molecule has 0 aromatic rings. The average Bonchev–Trinajstić information content (AvgIpc) is 2.53. The molecule has 5 nitrogen and oxygen atoms in total. The molecule has 0 saturated carbocycles. The zero-order valence-corrected chi connectivity index (χ0v) is 15.8. The van der Waals surface area contributed by atoms with Gasteiger partial charge in [0, 0.05) is 38.3 Å². The molecular weight excluding hydrogens is 314 g/mol. The standard InChI is InChI=1S/C20H31N3O2/c1-5-6-9-19(18(4)24)22-14-15-23(17(3)16(22)2)20(25)10-7-11-21-12-8-13-21/h7,9-10,17H,2,5-6,8,11-15H2,1,3-4H3/b10-7+,19-9-. The number of Topliss-reactive ketones (excluding diaryl/α,β-unsaturated/α-hetero) is 1. The third-order valence-electron chi connectivity index (χ3n) is 4.99. The van der Waals surface area contributed by atoms with Gasteiger partial charge in [-0.1, -0.05) is 32.1 Å². The first-order valence-electron chi connectivity index (χ1n) is 9.32. The lowest BCUT2D eigenvalue weighted by atomic mass is 10.1. The summed E-state index contributed by atoms with van der Waals surface area (Å²) >= 11 is 0. The fourth-order valence-electron chi connectivity index (χ4n) is 3.21. The molecule has 0 bridgehead atoms. The lowest BCUT2D eigenvalue weighted by molar-refractivity contribution is -0.128. The van der Waals surface area contributed by atoms with Gasteiger partial charge in [0.15, 0.2) is 5.78 Å². The molecule has 2 saturated heterocycles. The van der Waals surface area contributed by atoms with Crippen molar-refractivity contribution in [1.82, 2.24) is 14.7 Å². The molecule has 1 atom stereocenters. The van der Waals surface area contributed by atoms with E-state index in [1.165, 1.54) is 6.42 Å². The van der Waals surface area contributed by atoms with Gasteiger partial charge in [-0.2, -0.15) is 0 Å². The van der Waals surface area contributed by atoms with Crippen molar-refractivity contribution in [2.75, 3.05) is 32.7 Å². The number of likely N-dealkylation sites (tertiary alicyclic amines) is 1. The summed E-state index contributed by atoms with van der Waals surface area (Å²) in [6, 6.07) is -0.112. The van der Waals surface area contributed by atoms with Crippen LogP contribution in [0.5, 0.6) is 0 Å². The fourth-order valence-corrected chi connectivity index (χ4v) is 3.21. The third-order valence-corrected chi connectivity index (χ3v) is 4.99. The Kier molecular flexibility index (Phi) is 7.00. The molecule has 2 heterocycles. The Hall–Kier alpha value is -1.88. The topological polar surface area (TPSA) is 43.9 Å². The number of hydrogen-bond donors (Lipinski definition) is 0. The van der Waals surface area contributed by atoms with E-state index in [9.17, 15) is 9.59 Å². The van der Waals surface area contributed by atoms with Gasteiger partial charge in [-0.25, -0.2) is 0 Å². The molecule has 2 aliphatic rings. The first-order valence-corrected chi connectivity index (χ1v) is 9.32. The van der Waals surface area contributed by atoms with E-state index in [0.29, 0.717) is 18.8 Å². The van der Waals surface area contributed by atoms with E-state index in [1.54, 1.807) is 13.0 Å². The Labute approximate surface area is 151 Å². The number of unbranched alkanes of at least 4 members (excludes halogenated alkanes) is 1. The smallest absolute Gasteiger partial charge is 0.246 e. The molecule has 2 rings (SSSR count). The monoisotopic (exact) mass is 345 g/mol. The average molecular weight is 345 g/mol. The second-order valence-electron chi connectivity index (χ2n) is 6.84. The number of ketones is 1. The summed E-state index contributed by atoms with van der Waals surface area (Å²) in [6.45, 7) is 14.1. The van der Waals surface area contributed by atoms with E-state index in [-0.39, 0.29) is 17.7 Å². The number of rotatable bonds is 7. The molecule has 2 fully saturated rings. The van der Waals surface area contributed by atoms with Crippen LogP contribution in [0.4, 0.5) is 0 Å². The predicted octanol–water partition coefficient (Wildman–Crippen LogP) is 2.57. The summed E-state index contributed by atoms with van der Waals surface area (Å²) in [4.78, 5) is 30.6. The molecule has 1 unspecified atom stereocenters. The van der Waals surface area contributed by atoms with Gasteiger partial charge in [0.2, 0.25) is 5.91 Å². The SMILES string of the molecule is C=C1C(C)N(C(=O)/C=C/CN2CCC2)CCN1/C(=C\CCC)C(C)=O. The van der Waals surface area contributed by atoms with Crippen LogP contribution in [0.15, 0.2) is 36.2 Å². The Balaban J connectivity index is 1.99. The van der Waals surface area contributed by atoms with Crippen LogP contribution in [0.1, 0.15) is 40.0 Å². The normalized spacial score (nSPS) is 22.4. The zero-order chi connectivity index (χ0) is 18.4. The van der Waals surface area contributed by atoms with Crippen molar-refractivity contribution in [2.45, 2.75) is 46.1 Å². The second-order valence-corrected chi connectivity index (χ2v) is 6.84. The highest BCUT2D eigenvalue weighted by Gasteiger charge is 2.31. The molecule has 0 aliphatic carbocycles. The van der Waals surface area contributed by atoms with E-state index in [2.05, 4.69) is 18.4 Å². The maximum absolute atomic E-state index is 12.5. The summed E-state index contributed by atoms with van der Waals surface area (Å²) in [6.07, 6.45) is 8.74. The van der Waals surface area contributed by atoms with Crippen molar-refractivity contribution in [3.63, 3.8) is 0 Å². The molecule has 0 radical (unpaired) electrons. The van der Waals surface area contributed by atoms with Crippen LogP contribution in [0.2, 0.25) is 0 Å².